The summed E-state index contributed by atoms with van der Waals surface area (Å²) in [6.07, 6.45) is 2.61. The van der Waals surface area contributed by atoms with Crippen molar-refractivity contribution in [2.45, 2.75) is 32.0 Å². The largest absolute Gasteiger partial charge is 0.619 e. The molecule has 0 spiro atoms. The average Bonchev–Trinajstić information content (AvgIpc) is 3.89. The number of esters is 1. The number of hydrogen-bond donors (Lipinski definition) is 2. The lowest BCUT2D eigenvalue weighted by atomic mass is 10.0. The zero-order valence-electron chi connectivity index (χ0n) is 26.8. The molecule has 2 aromatic carbocycles. The number of alkyl halides is 2. The van der Waals surface area contributed by atoms with E-state index in [-0.39, 0.29) is 102 Å². The van der Waals surface area contributed by atoms with E-state index in [1.807, 2.05) is 0 Å². The van der Waals surface area contributed by atoms with Crippen LogP contribution in [-0.4, -0.2) is 88.4 Å². The molecule has 13 nitrogen and oxygen atoms in total. The minimum Gasteiger partial charge on any atom is -0.619 e. The second-order valence-electron chi connectivity index (χ2n) is 11.2. The highest BCUT2D eigenvalue weighted by atomic mass is 35.5. The van der Waals surface area contributed by atoms with Crippen molar-refractivity contribution in [2.75, 3.05) is 52.3 Å². The summed E-state index contributed by atoms with van der Waals surface area (Å²) < 4.78 is 79.4. The first-order valence-electron chi connectivity index (χ1n) is 15.4. The van der Waals surface area contributed by atoms with E-state index in [4.69, 9.17) is 41.6 Å². The summed E-state index contributed by atoms with van der Waals surface area (Å²) in [4.78, 5) is 15.2. The Morgan fingerprint density at radius 1 is 1.00 bits per heavy atom. The van der Waals surface area contributed by atoms with Gasteiger partial charge in [0.2, 0.25) is 0 Å². The molecule has 1 fully saturated rings. The predicted octanol–water partition coefficient (Wildman–Crippen LogP) is 4.16. The van der Waals surface area contributed by atoms with Gasteiger partial charge in [-0.1, -0.05) is 29.3 Å². The lowest BCUT2D eigenvalue weighted by molar-refractivity contribution is -0.605. The van der Waals surface area contributed by atoms with Crippen molar-refractivity contribution in [3.05, 3.63) is 80.7 Å². The lowest BCUT2D eigenvalue weighted by Gasteiger charge is -2.22. The van der Waals surface area contributed by atoms with Crippen molar-refractivity contribution in [1.29, 1.82) is 0 Å². The highest BCUT2D eigenvalue weighted by Crippen LogP contribution is 2.38. The van der Waals surface area contributed by atoms with Gasteiger partial charge in [0.1, 0.15) is 16.1 Å². The number of ether oxygens (including phenoxy) is 4. The highest BCUT2D eigenvalue weighted by Gasteiger charge is 2.28. The van der Waals surface area contributed by atoms with Crippen LogP contribution in [0.15, 0.2) is 48.8 Å². The summed E-state index contributed by atoms with van der Waals surface area (Å²) in [5.41, 5.74) is 0.376. The summed E-state index contributed by atoms with van der Waals surface area (Å²) in [5, 5.41) is 30.2. The minimum atomic E-state index is -4.26. The number of rotatable bonds is 20. The first-order chi connectivity index (χ1) is 23.8. The molecule has 0 bridgehead atoms. The normalized spacial score (nSPS) is 13.7. The molecule has 0 amide bonds. The van der Waals surface area contributed by atoms with Crippen LogP contribution in [0.4, 0.5) is 8.78 Å². The van der Waals surface area contributed by atoms with Crippen LogP contribution in [0.2, 0.25) is 10.0 Å². The number of carbonyl (C=O) groups is 1. The van der Waals surface area contributed by atoms with Crippen LogP contribution in [0.25, 0.3) is 0 Å². The quantitative estimate of drug-likeness (QED) is 0.0731. The number of aliphatic hydroxyl groups excluding tert-OH is 2. The summed E-state index contributed by atoms with van der Waals surface area (Å²) >= 11 is 12.7. The molecule has 3 aromatic rings. The molecule has 274 valence electrons. The summed E-state index contributed by atoms with van der Waals surface area (Å²) in [6, 6.07) is 7.76. The van der Waals surface area contributed by atoms with Crippen molar-refractivity contribution in [2.24, 2.45) is 5.92 Å². The Kier molecular flexibility index (Phi) is 14.1. The maximum Gasteiger partial charge on any atom is 0.387 e. The first-order valence-corrected chi connectivity index (χ1v) is 17.7. The third-order valence-electron chi connectivity index (χ3n) is 7.53. The van der Waals surface area contributed by atoms with E-state index >= 15 is 0 Å². The Morgan fingerprint density at radius 3 is 2.26 bits per heavy atom. The van der Waals surface area contributed by atoms with Gasteiger partial charge in [-0.3, -0.25) is 4.90 Å². The Bertz CT molecular complexity index is 1700. The van der Waals surface area contributed by atoms with Gasteiger partial charge in [0, 0.05) is 37.7 Å². The molecule has 0 aliphatic heterocycles. The fourth-order valence-electron chi connectivity index (χ4n) is 4.77. The number of aliphatic hydroxyl groups is 2. The predicted molar refractivity (Wildman–Crippen MR) is 177 cm³/mol. The number of nitrogens with zero attached hydrogens (tertiary/aromatic N) is 2. The summed E-state index contributed by atoms with van der Waals surface area (Å²) in [6.45, 7) is -3.16. The molecule has 50 heavy (non-hydrogen) atoms. The van der Waals surface area contributed by atoms with Gasteiger partial charge in [-0.25, -0.2) is 4.79 Å². The van der Waals surface area contributed by atoms with Gasteiger partial charge >= 0.3 is 22.7 Å². The Balaban J connectivity index is 1.64. The van der Waals surface area contributed by atoms with Crippen LogP contribution in [-0.2, 0) is 21.3 Å². The fraction of sp³-hybridized carbons (Fsp3) is 0.438. The summed E-state index contributed by atoms with van der Waals surface area (Å²) in [7, 11) is -2.98. The molecule has 1 aromatic heterocycles. The maximum atomic E-state index is 13.6. The molecule has 0 saturated heterocycles. The van der Waals surface area contributed by atoms with Crippen LogP contribution in [0.3, 0.4) is 0 Å². The Hall–Kier alpha value is -3.67. The third kappa shape index (κ3) is 11.4. The molecule has 0 radical (unpaired) electrons. The average molecular weight is 766 g/mol. The summed E-state index contributed by atoms with van der Waals surface area (Å²) in [5.74, 6) is -1.76. The van der Waals surface area contributed by atoms with Gasteiger partial charge in [-0.15, -0.1) is 0 Å². The molecule has 18 heteroatoms. The van der Waals surface area contributed by atoms with Crippen molar-refractivity contribution in [1.82, 2.24) is 4.90 Å². The van der Waals surface area contributed by atoms with Crippen molar-refractivity contribution >= 4 is 39.3 Å². The van der Waals surface area contributed by atoms with E-state index in [2.05, 4.69) is 4.74 Å². The standard InChI is InChI=1S/C32H36Cl2F2N2O11S/c1-45-26-6-5-22(15-30(26)49-50(43,44)13-10-37(8-11-39)9-12-40)31(41)47-28(16-23-24(33)17-38(42)18-25(23)34)21-4-7-27(48-32(35)36)29(14-21)46-19-20-2-3-20/h4-7,14-15,17-18,20,28,32,39-40H,2-3,8-13,16,19H2,1H3/t28-/m0/s1. The van der Waals surface area contributed by atoms with Crippen LogP contribution in [0.1, 0.15) is 40.4 Å². The van der Waals surface area contributed by atoms with Gasteiger partial charge in [0.05, 0.1) is 38.2 Å². The zero-order valence-corrected chi connectivity index (χ0v) is 29.1. The Morgan fingerprint density at radius 2 is 1.66 bits per heavy atom. The molecule has 0 unspecified atom stereocenters. The molecule has 1 aliphatic carbocycles. The number of pyridine rings is 1. The SMILES string of the molecule is COc1ccc(C(=O)O[C@@H](Cc2c(Cl)c[n+]([O-])cc2Cl)c2ccc(OC(F)F)c(OCC3CC3)c2)cc1OS(=O)(=O)CCN(CCO)CCO. The number of benzene rings is 2. The number of methoxy groups -OCH3 is 1. The topological polar surface area (TPSA) is 168 Å². The van der Waals surface area contributed by atoms with Crippen molar-refractivity contribution in [3.63, 3.8) is 0 Å². The fourth-order valence-corrected chi connectivity index (χ4v) is 6.33. The highest BCUT2D eigenvalue weighted by molar-refractivity contribution is 7.87. The van der Waals surface area contributed by atoms with Crippen LogP contribution >= 0.6 is 23.2 Å². The van der Waals surface area contributed by atoms with E-state index in [1.54, 1.807) is 0 Å². The van der Waals surface area contributed by atoms with Gasteiger partial charge in [-0.2, -0.15) is 21.9 Å². The maximum absolute atomic E-state index is 13.6. The molecular formula is C32H36Cl2F2N2O11S. The molecule has 1 saturated carbocycles. The Labute approximate surface area is 297 Å². The van der Waals surface area contributed by atoms with Crippen LogP contribution in [0, 0.1) is 11.1 Å². The lowest BCUT2D eigenvalue weighted by Crippen LogP contribution is -2.35. The van der Waals surface area contributed by atoms with E-state index in [9.17, 15) is 37.4 Å². The van der Waals surface area contributed by atoms with E-state index < -0.39 is 34.6 Å². The molecule has 1 heterocycles. The van der Waals surface area contributed by atoms with Crippen molar-refractivity contribution < 1.29 is 60.1 Å². The second-order valence-corrected chi connectivity index (χ2v) is 13.7. The number of halogens is 4. The third-order valence-corrected chi connectivity index (χ3v) is 9.30. The number of hydrogen-bond acceptors (Lipinski definition) is 12. The van der Waals surface area contributed by atoms with E-state index in [0.717, 1.165) is 31.3 Å². The van der Waals surface area contributed by atoms with Crippen molar-refractivity contribution in [3.8, 4) is 23.0 Å². The molecular weight excluding hydrogens is 729 g/mol. The first kappa shape index (κ1) is 39.1. The smallest absolute Gasteiger partial charge is 0.387 e. The van der Waals surface area contributed by atoms with Gasteiger partial charge in [0.25, 0.3) is 0 Å². The van der Waals surface area contributed by atoms with Crippen LogP contribution in [0.5, 0.6) is 23.0 Å². The zero-order chi connectivity index (χ0) is 36.4. The van der Waals surface area contributed by atoms with E-state index in [0.29, 0.717) is 4.73 Å². The molecule has 4 rings (SSSR count). The molecule has 1 aliphatic rings. The number of carbonyl (C=O) groups excluding carboxylic acids is 1. The molecule has 2 N–H and O–H groups in total. The number of aromatic nitrogens is 1. The van der Waals surface area contributed by atoms with Gasteiger partial charge < -0.3 is 38.6 Å². The van der Waals surface area contributed by atoms with Gasteiger partial charge in [-0.05, 0) is 48.6 Å². The molecule has 1 atom stereocenters. The van der Waals surface area contributed by atoms with E-state index in [1.165, 1.54) is 42.3 Å². The monoisotopic (exact) mass is 764 g/mol. The second kappa shape index (κ2) is 18.0. The minimum absolute atomic E-state index is 0.00918. The van der Waals surface area contributed by atoms with Crippen LogP contribution < -0.4 is 23.1 Å². The van der Waals surface area contributed by atoms with Gasteiger partial charge in [0.15, 0.2) is 35.4 Å².